The molecule has 2 atom stereocenters. The summed E-state index contributed by atoms with van der Waals surface area (Å²) < 4.78 is 39.5. The van der Waals surface area contributed by atoms with Crippen LogP contribution in [-0.4, -0.2) is 50.0 Å². The Morgan fingerprint density at radius 2 is 2.08 bits per heavy atom. The highest BCUT2D eigenvalue weighted by Crippen LogP contribution is 2.25. The molecular weight excluding hydrogens is 366 g/mol. The van der Waals surface area contributed by atoms with E-state index in [2.05, 4.69) is 10.6 Å². The van der Waals surface area contributed by atoms with E-state index in [4.69, 9.17) is 0 Å². The van der Waals surface area contributed by atoms with Crippen LogP contribution in [0.1, 0.15) is 18.0 Å². The molecule has 1 aliphatic rings. The van der Waals surface area contributed by atoms with Gasteiger partial charge in [0.25, 0.3) is 5.92 Å². The molecule has 1 heterocycles. The highest BCUT2D eigenvalue weighted by Gasteiger charge is 2.42. The quantitative estimate of drug-likeness (QED) is 0.815. The van der Waals surface area contributed by atoms with Crippen LogP contribution in [0.25, 0.3) is 0 Å². The second kappa shape index (κ2) is 9.46. The normalized spacial score (nSPS) is 20.0. The van der Waals surface area contributed by atoms with E-state index in [9.17, 15) is 18.0 Å². The predicted molar refractivity (Wildman–Crippen MR) is 91.7 cm³/mol. The van der Waals surface area contributed by atoms with Crippen LogP contribution in [0.3, 0.4) is 0 Å². The fourth-order valence-electron chi connectivity index (χ4n) is 2.53. The molecule has 1 saturated heterocycles. The Bertz CT molecular complexity index is 546. The smallest absolute Gasteiger partial charge is 0.262 e. The zero-order valence-corrected chi connectivity index (χ0v) is 15.0. The number of carbonyl (C=O) groups excluding carboxylic acids is 1. The summed E-state index contributed by atoms with van der Waals surface area (Å²) in [6, 6.07) is 4.99. The fraction of sp³-hybridized carbons (Fsp3) is 0.533. The molecule has 2 N–H and O–H groups in total. The maximum atomic E-state index is 13.3. The van der Waals surface area contributed by atoms with E-state index in [0.29, 0.717) is 0 Å². The van der Waals surface area contributed by atoms with E-state index in [1.165, 1.54) is 12.1 Å². The second-order valence-corrected chi connectivity index (χ2v) is 5.77. The molecule has 1 aliphatic heterocycles. The Balaban J connectivity index is 0.00000264. The molecule has 24 heavy (non-hydrogen) atoms. The van der Waals surface area contributed by atoms with Gasteiger partial charge in [0, 0.05) is 13.0 Å². The van der Waals surface area contributed by atoms with E-state index in [0.717, 1.165) is 5.56 Å². The number of halogens is 5. The Morgan fingerprint density at radius 3 is 2.58 bits per heavy atom. The van der Waals surface area contributed by atoms with Crippen LogP contribution < -0.4 is 10.6 Å². The number of likely N-dealkylation sites (N-methyl/N-ethyl adjacent to an activating group) is 1. The minimum Gasteiger partial charge on any atom is -0.353 e. The first kappa shape index (κ1) is 23.0. The molecule has 0 aliphatic carbocycles. The largest absolute Gasteiger partial charge is 0.353 e. The molecule has 1 fully saturated rings. The number of nitrogens with one attached hydrogen (secondary N) is 2. The van der Waals surface area contributed by atoms with Crippen LogP contribution in [0.5, 0.6) is 0 Å². The van der Waals surface area contributed by atoms with Crippen LogP contribution in [0.4, 0.5) is 13.2 Å². The molecule has 138 valence electrons. The van der Waals surface area contributed by atoms with Gasteiger partial charge in [-0.3, -0.25) is 10.1 Å². The molecule has 1 aromatic rings. The third-order valence-electron chi connectivity index (χ3n) is 3.75. The number of hydrogen-bond acceptors (Lipinski definition) is 3. The lowest BCUT2D eigenvalue weighted by atomic mass is 10.1. The fourth-order valence-corrected chi connectivity index (χ4v) is 2.53. The van der Waals surface area contributed by atoms with Crippen molar-refractivity contribution in [3.8, 4) is 0 Å². The lowest BCUT2D eigenvalue weighted by Crippen LogP contribution is -2.43. The van der Waals surface area contributed by atoms with Gasteiger partial charge in [-0.1, -0.05) is 12.1 Å². The third kappa shape index (κ3) is 6.12. The molecule has 2 unspecified atom stereocenters. The van der Waals surface area contributed by atoms with E-state index < -0.39 is 30.8 Å². The van der Waals surface area contributed by atoms with Crippen molar-refractivity contribution < 1.29 is 18.0 Å². The van der Waals surface area contributed by atoms with Gasteiger partial charge in [0.15, 0.2) is 0 Å². The average Bonchev–Trinajstić information content (AvgIpc) is 2.79. The third-order valence-corrected chi connectivity index (χ3v) is 3.75. The van der Waals surface area contributed by atoms with Gasteiger partial charge in [0.05, 0.1) is 18.6 Å². The Kier molecular flexibility index (Phi) is 9.06. The number of carbonyl (C=O) groups is 1. The zero-order chi connectivity index (χ0) is 16.3. The number of hydrogen-bond donors (Lipinski definition) is 2. The minimum absolute atomic E-state index is 0. The van der Waals surface area contributed by atoms with Gasteiger partial charge in [-0.25, -0.2) is 13.2 Å². The first-order chi connectivity index (χ1) is 10.3. The first-order valence-corrected chi connectivity index (χ1v) is 7.09. The number of nitrogens with zero attached hydrogens (tertiary/aromatic N) is 1. The van der Waals surface area contributed by atoms with Gasteiger partial charge >= 0.3 is 0 Å². The summed E-state index contributed by atoms with van der Waals surface area (Å²) in [5.41, 5.74) is 0.718. The summed E-state index contributed by atoms with van der Waals surface area (Å²) in [7, 11) is 3.62. The standard InChI is InChI=1S/C15H20F3N3O.2ClH/c1-21(2)13(10-4-3-5-11(16)6-10)8-19-14(22)12-7-15(17,18)9-20-12;;/h3-6,12-13,20H,7-9H2,1-2H3,(H,19,22);2*1H. The molecule has 1 amide bonds. The minimum atomic E-state index is -2.84. The summed E-state index contributed by atoms with van der Waals surface area (Å²) in [6.07, 6.45) is -0.495. The van der Waals surface area contributed by atoms with Crippen LogP contribution in [0.15, 0.2) is 24.3 Å². The van der Waals surface area contributed by atoms with Gasteiger partial charge < -0.3 is 10.2 Å². The number of amides is 1. The molecule has 0 saturated carbocycles. The SMILES string of the molecule is CN(C)C(CNC(=O)C1CC(F)(F)CN1)c1cccc(F)c1.Cl.Cl. The van der Waals surface area contributed by atoms with Crippen molar-refractivity contribution in [1.82, 2.24) is 15.5 Å². The van der Waals surface area contributed by atoms with Crippen molar-refractivity contribution in [3.63, 3.8) is 0 Å². The summed E-state index contributed by atoms with van der Waals surface area (Å²) in [5, 5.41) is 5.18. The van der Waals surface area contributed by atoms with Crippen LogP contribution in [-0.2, 0) is 4.79 Å². The van der Waals surface area contributed by atoms with Crippen molar-refractivity contribution in [3.05, 3.63) is 35.6 Å². The van der Waals surface area contributed by atoms with E-state index in [1.807, 2.05) is 19.0 Å². The molecule has 0 bridgehead atoms. The summed E-state index contributed by atoms with van der Waals surface area (Å²) >= 11 is 0. The Labute approximate surface area is 152 Å². The lowest BCUT2D eigenvalue weighted by Gasteiger charge is -2.25. The Morgan fingerprint density at radius 1 is 1.42 bits per heavy atom. The highest BCUT2D eigenvalue weighted by molar-refractivity contribution is 5.85. The number of alkyl halides is 2. The molecule has 2 rings (SSSR count). The average molecular weight is 388 g/mol. The maximum absolute atomic E-state index is 13.3. The summed E-state index contributed by atoms with van der Waals surface area (Å²) in [6.45, 7) is -0.259. The van der Waals surface area contributed by atoms with E-state index in [1.54, 1.807) is 12.1 Å². The molecule has 1 aromatic carbocycles. The van der Waals surface area contributed by atoms with Crippen molar-refractivity contribution in [2.45, 2.75) is 24.4 Å². The van der Waals surface area contributed by atoms with Gasteiger partial charge in [-0.2, -0.15) is 0 Å². The van der Waals surface area contributed by atoms with Crippen molar-refractivity contribution >= 4 is 30.7 Å². The summed E-state index contributed by atoms with van der Waals surface area (Å²) in [5.74, 6) is -3.65. The van der Waals surface area contributed by atoms with Crippen LogP contribution >= 0.6 is 24.8 Å². The monoisotopic (exact) mass is 387 g/mol. The Hall–Kier alpha value is -1.02. The molecule has 4 nitrogen and oxygen atoms in total. The van der Waals surface area contributed by atoms with Crippen molar-refractivity contribution in [2.75, 3.05) is 27.2 Å². The van der Waals surface area contributed by atoms with E-state index >= 15 is 0 Å². The van der Waals surface area contributed by atoms with E-state index in [-0.39, 0.29) is 43.2 Å². The first-order valence-electron chi connectivity index (χ1n) is 7.09. The van der Waals surface area contributed by atoms with Crippen LogP contribution in [0.2, 0.25) is 0 Å². The summed E-state index contributed by atoms with van der Waals surface area (Å²) in [4.78, 5) is 13.8. The molecular formula is C15H22Cl2F3N3O. The molecule has 0 radical (unpaired) electrons. The number of rotatable bonds is 5. The molecule has 9 heteroatoms. The number of benzene rings is 1. The van der Waals surface area contributed by atoms with Gasteiger partial charge in [0.1, 0.15) is 5.82 Å². The second-order valence-electron chi connectivity index (χ2n) is 5.77. The van der Waals surface area contributed by atoms with Gasteiger partial charge in [0.2, 0.25) is 5.91 Å². The topological polar surface area (TPSA) is 44.4 Å². The molecule has 0 spiro atoms. The van der Waals surface area contributed by atoms with Gasteiger partial charge in [-0.15, -0.1) is 24.8 Å². The molecule has 0 aromatic heterocycles. The highest BCUT2D eigenvalue weighted by atomic mass is 35.5. The van der Waals surface area contributed by atoms with Crippen LogP contribution in [0, 0.1) is 5.82 Å². The maximum Gasteiger partial charge on any atom is 0.262 e. The van der Waals surface area contributed by atoms with Crippen molar-refractivity contribution in [1.29, 1.82) is 0 Å². The lowest BCUT2D eigenvalue weighted by molar-refractivity contribution is -0.123. The predicted octanol–water partition coefficient (Wildman–Crippen LogP) is 2.39. The zero-order valence-electron chi connectivity index (χ0n) is 13.4. The van der Waals surface area contributed by atoms with Gasteiger partial charge in [-0.05, 0) is 31.8 Å². The van der Waals surface area contributed by atoms with Crippen molar-refractivity contribution in [2.24, 2.45) is 0 Å².